The second-order valence-electron chi connectivity index (χ2n) is 5.31. The number of hydrogen-bond donors (Lipinski definition) is 1. The number of nitrogens with two attached hydrogens (primary N) is 1. The van der Waals surface area contributed by atoms with Crippen molar-refractivity contribution in [2.75, 3.05) is 12.4 Å². The molecule has 136 valence electrons. The zero-order valence-electron chi connectivity index (χ0n) is 13.8. The maximum absolute atomic E-state index is 11.2. The Bertz CT molecular complexity index is 867. The predicted octanol–water partition coefficient (Wildman–Crippen LogP) is 3.24. The van der Waals surface area contributed by atoms with Crippen molar-refractivity contribution in [2.24, 2.45) is 5.73 Å². The van der Waals surface area contributed by atoms with Crippen LogP contribution in [0.3, 0.4) is 0 Å². The van der Waals surface area contributed by atoms with Crippen LogP contribution >= 0.6 is 23.4 Å². The van der Waals surface area contributed by atoms with Gasteiger partial charge in [0, 0.05) is 23.7 Å². The third-order valence-corrected chi connectivity index (χ3v) is 4.59. The van der Waals surface area contributed by atoms with Crippen LogP contribution in [0.1, 0.15) is 6.42 Å². The van der Waals surface area contributed by atoms with Gasteiger partial charge in [0.1, 0.15) is 5.75 Å². The highest BCUT2D eigenvalue weighted by atomic mass is 35.5. The summed E-state index contributed by atoms with van der Waals surface area (Å²) in [6.07, 6.45) is 1.76. The van der Waals surface area contributed by atoms with E-state index in [4.69, 9.17) is 26.5 Å². The zero-order chi connectivity index (χ0) is 18.4. The van der Waals surface area contributed by atoms with Gasteiger partial charge in [-0.15, -0.1) is 10.2 Å². The first-order chi connectivity index (χ1) is 12.6. The van der Waals surface area contributed by atoms with Crippen LogP contribution < -0.4 is 10.5 Å². The number of carbonyl (C=O) groups is 1. The number of aromatic nitrogens is 3. The number of carbonyl (C=O) groups excluding carboxylic acids is 1. The van der Waals surface area contributed by atoms with Crippen molar-refractivity contribution < 1.29 is 13.9 Å². The summed E-state index contributed by atoms with van der Waals surface area (Å²) in [7, 11) is 0. The number of thioether (sulfide) groups is 1. The molecule has 3 aromatic rings. The van der Waals surface area contributed by atoms with Gasteiger partial charge in [0.2, 0.25) is 5.91 Å². The molecule has 9 heteroatoms. The minimum atomic E-state index is -0.385. The topological polar surface area (TPSA) is 96.2 Å². The van der Waals surface area contributed by atoms with E-state index >= 15 is 0 Å². The lowest BCUT2D eigenvalue weighted by Gasteiger charge is -2.09. The monoisotopic (exact) mass is 392 g/mol. The maximum atomic E-state index is 11.2. The van der Waals surface area contributed by atoms with Gasteiger partial charge < -0.3 is 14.9 Å². The van der Waals surface area contributed by atoms with Crippen LogP contribution in [0, 0.1) is 0 Å². The molecule has 0 fully saturated rings. The highest BCUT2D eigenvalue weighted by Crippen LogP contribution is 2.25. The van der Waals surface area contributed by atoms with Gasteiger partial charge in [0.15, 0.2) is 16.7 Å². The van der Waals surface area contributed by atoms with Crippen LogP contribution in [-0.4, -0.2) is 33.0 Å². The standard InChI is InChI=1S/C17H17ClN4O3S/c18-12-3-1-4-13(11-12)24-9-10-26-17-21-20-16(14-5-2-8-25-14)22(17)7-6-15(19)23/h1-5,8,11H,6-7,9-10H2,(H2,19,23). The molecule has 0 aliphatic heterocycles. The van der Waals surface area contributed by atoms with Crippen molar-refractivity contribution in [2.45, 2.75) is 18.1 Å². The van der Waals surface area contributed by atoms with Crippen molar-refractivity contribution in [3.05, 3.63) is 47.7 Å². The lowest BCUT2D eigenvalue weighted by molar-refractivity contribution is -0.118. The molecule has 0 aliphatic rings. The molecule has 0 atom stereocenters. The Labute approximate surface area is 159 Å². The molecule has 0 spiro atoms. The Morgan fingerprint density at radius 3 is 2.92 bits per heavy atom. The summed E-state index contributed by atoms with van der Waals surface area (Å²) in [5.74, 6) is 2.13. The minimum Gasteiger partial charge on any atom is -0.493 e. The van der Waals surface area contributed by atoms with Crippen molar-refractivity contribution in [1.29, 1.82) is 0 Å². The molecule has 1 amide bonds. The summed E-state index contributed by atoms with van der Waals surface area (Å²) >= 11 is 7.41. The van der Waals surface area contributed by atoms with Gasteiger partial charge in [-0.25, -0.2) is 0 Å². The Kier molecular flexibility index (Phi) is 6.19. The molecule has 0 aliphatic carbocycles. The molecule has 2 heterocycles. The Morgan fingerprint density at radius 2 is 2.19 bits per heavy atom. The fraction of sp³-hybridized carbons (Fsp3) is 0.235. The van der Waals surface area contributed by atoms with E-state index in [1.165, 1.54) is 11.8 Å². The fourth-order valence-corrected chi connectivity index (χ4v) is 3.22. The largest absolute Gasteiger partial charge is 0.493 e. The van der Waals surface area contributed by atoms with Crippen molar-refractivity contribution >= 4 is 29.3 Å². The van der Waals surface area contributed by atoms with E-state index in [1.807, 2.05) is 16.7 Å². The molecular formula is C17H17ClN4O3S. The van der Waals surface area contributed by atoms with E-state index < -0.39 is 0 Å². The van der Waals surface area contributed by atoms with Crippen LogP contribution in [-0.2, 0) is 11.3 Å². The molecule has 2 N–H and O–H groups in total. The Balaban J connectivity index is 1.64. The molecule has 0 bridgehead atoms. The minimum absolute atomic E-state index is 0.193. The predicted molar refractivity (Wildman–Crippen MR) is 99.2 cm³/mol. The number of furan rings is 1. The lowest BCUT2D eigenvalue weighted by Crippen LogP contribution is -2.15. The highest BCUT2D eigenvalue weighted by molar-refractivity contribution is 7.99. The smallest absolute Gasteiger partial charge is 0.219 e. The summed E-state index contributed by atoms with van der Waals surface area (Å²) in [5, 5.41) is 9.67. The number of amides is 1. The fourth-order valence-electron chi connectivity index (χ4n) is 2.26. The van der Waals surface area contributed by atoms with Crippen molar-refractivity contribution in [3.8, 4) is 17.3 Å². The van der Waals surface area contributed by atoms with E-state index in [1.54, 1.807) is 30.5 Å². The average Bonchev–Trinajstić information content (AvgIpc) is 3.26. The number of hydrogen-bond acceptors (Lipinski definition) is 6. The molecule has 26 heavy (non-hydrogen) atoms. The normalized spacial score (nSPS) is 10.8. The number of rotatable bonds is 9. The third-order valence-electron chi connectivity index (χ3n) is 3.42. The van der Waals surface area contributed by atoms with E-state index in [0.717, 1.165) is 0 Å². The summed E-state index contributed by atoms with van der Waals surface area (Å²) in [5.41, 5.74) is 5.27. The second kappa shape index (κ2) is 8.77. The first kappa shape index (κ1) is 18.3. The van der Waals surface area contributed by atoms with Crippen molar-refractivity contribution in [3.63, 3.8) is 0 Å². The summed E-state index contributed by atoms with van der Waals surface area (Å²) in [6, 6.07) is 10.8. The quantitative estimate of drug-likeness (QED) is 0.443. The number of ether oxygens (including phenoxy) is 1. The van der Waals surface area contributed by atoms with Gasteiger partial charge in [-0.1, -0.05) is 29.4 Å². The maximum Gasteiger partial charge on any atom is 0.219 e. The Morgan fingerprint density at radius 1 is 1.31 bits per heavy atom. The first-order valence-electron chi connectivity index (χ1n) is 7.90. The molecule has 1 aromatic carbocycles. The number of halogens is 1. The van der Waals surface area contributed by atoms with Crippen LogP contribution in [0.2, 0.25) is 5.02 Å². The van der Waals surface area contributed by atoms with Gasteiger partial charge in [-0.3, -0.25) is 9.36 Å². The molecular weight excluding hydrogens is 376 g/mol. The van der Waals surface area contributed by atoms with E-state index in [-0.39, 0.29) is 12.3 Å². The molecule has 0 radical (unpaired) electrons. The number of nitrogens with zero attached hydrogens (tertiary/aromatic N) is 3. The second-order valence-corrected chi connectivity index (χ2v) is 6.80. The summed E-state index contributed by atoms with van der Waals surface area (Å²) < 4.78 is 12.9. The van der Waals surface area contributed by atoms with E-state index in [2.05, 4.69) is 10.2 Å². The Hall–Kier alpha value is -2.45. The zero-order valence-corrected chi connectivity index (χ0v) is 15.4. The van der Waals surface area contributed by atoms with Gasteiger partial charge >= 0.3 is 0 Å². The number of benzene rings is 1. The molecule has 3 rings (SSSR count). The molecule has 0 saturated carbocycles. The number of primary amides is 1. The third kappa shape index (κ3) is 4.80. The average molecular weight is 393 g/mol. The van der Waals surface area contributed by atoms with E-state index in [0.29, 0.717) is 46.4 Å². The SMILES string of the molecule is NC(=O)CCn1c(SCCOc2cccc(Cl)c2)nnc1-c1ccco1. The summed E-state index contributed by atoms with van der Waals surface area (Å²) in [6.45, 7) is 0.861. The lowest BCUT2D eigenvalue weighted by atomic mass is 10.3. The van der Waals surface area contributed by atoms with Crippen LogP contribution in [0.4, 0.5) is 0 Å². The molecule has 7 nitrogen and oxygen atoms in total. The van der Waals surface area contributed by atoms with Crippen LogP contribution in [0.5, 0.6) is 5.75 Å². The van der Waals surface area contributed by atoms with Crippen molar-refractivity contribution in [1.82, 2.24) is 14.8 Å². The van der Waals surface area contributed by atoms with Gasteiger partial charge in [-0.05, 0) is 30.3 Å². The van der Waals surface area contributed by atoms with Gasteiger partial charge in [0.05, 0.1) is 12.9 Å². The van der Waals surface area contributed by atoms with Gasteiger partial charge in [-0.2, -0.15) is 0 Å². The molecule has 0 saturated heterocycles. The van der Waals surface area contributed by atoms with E-state index in [9.17, 15) is 4.79 Å². The van der Waals surface area contributed by atoms with Crippen LogP contribution in [0.15, 0.2) is 52.2 Å². The molecule has 2 aromatic heterocycles. The summed E-state index contributed by atoms with van der Waals surface area (Å²) in [4.78, 5) is 11.2. The highest BCUT2D eigenvalue weighted by Gasteiger charge is 2.16. The van der Waals surface area contributed by atoms with Crippen LogP contribution in [0.25, 0.3) is 11.6 Å². The first-order valence-corrected chi connectivity index (χ1v) is 9.26. The van der Waals surface area contributed by atoms with Gasteiger partial charge in [0.25, 0.3) is 0 Å². The molecule has 0 unspecified atom stereocenters.